The van der Waals surface area contributed by atoms with Gasteiger partial charge in [0.1, 0.15) is 36.2 Å². The van der Waals surface area contributed by atoms with Crippen molar-refractivity contribution in [2.45, 2.75) is 127 Å². The summed E-state index contributed by atoms with van der Waals surface area (Å²) >= 11 is 1.37. The van der Waals surface area contributed by atoms with Crippen LogP contribution in [0.4, 0.5) is 21.6 Å². The number of para-hydroxylation sites is 1. The van der Waals surface area contributed by atoms with Crippen molar-refractivity contribution in [2.75, 3.05) is 61.4 Å². The molecule has 2 aromatic carbocycles. The molecule has 2 bridgehead atoms. The zero-order valence-electron chi connectivity index (χ0n) is 44.4. The fraction of sp³-hybridized carbons (Fsp3) is 0.491. The molecule has 8 heterocycles. The Labute approximate surface area is 456 Å². The van der Waals surface area contributed by atoms with Gasteiger partial charge in [0.15, 0.2) is 11.6 Å². The number of thiazole rings is 1. The number of aliphatic hydroxyl groups excluding tert-OH is 1. The molecule has 2 unspecified atom stereocenters. The van der Waals surface area contributed by atoms with Crippen LogP contribution in [0, 0.1) is 18.7 Å². The number of β-amino-alcohol motifs (C(OH)–C–C–N with tert-alkyl or cyclic N) is 1. The van der Waals surface area contributed by atoms with Gasteiger partial charge in [-0.05, 0) is 86.5 Å². The highest BCUT2D eigenvalue weighted by Crippen LogP contribution is 2.41. The zero-order chi connectivity index (χ0) is 54.2. The quantitative estimate of drug-likeness (QED) is 0.0662. The number of amides is 2. The van der Waals surface area contributed by atoms with Crippen LogP contribution in [-0.4, -0.2) is 146 Å². The molecule has 1 saturated carbocycles. The molecule has 5 N–H and O–H groups in total. The standard InChI is InChI=1S/C57H68FN11O8S/c1-32(2)53(57(73)68-30-39(70)23-48(68)56(72)62-33(3)35-9-12-43(45(58)21-35)54-34(4)61-31-78-54)50-27-52(65-77-50)74-20-19-66-17-14-40(15-18-66)75-41-24-42(25-41)76-51-22-36(13-16-60-51)69-37-10-11-38(69)29-67(28-37)47-26-46(63-64-55(47)59)44-7-5-6-8-49(44)71/h5-9,12-13,16,21-22,26-27,31-33,37-42,48,53,70-71H,10-11,14-15,17-20,23-25,28-30H2,1-4H3,(H2,59,64)(H,62,72)/t33-,37?,38?,39+,41?,42?,48-,53+/m0/s1. The fourth-order valence-electron chi connectivity index (χ4n) is 12.0. The van der Waals surface area contributed by atoms with Crippen LogP contribution in [-0.2, 0) is 14.3 Å². The summed E-state index contributed by atoms with van der Waals surface area (Å²) in [5, 5.41) is 36.8. The zero-order valence-corrected chi connectivity index (χ0v) is 45.2. The van der Waals surface area contributed by atoms with Crippen LogP contribution in [0.3, 0.4) is 0 Å². The van der Waals surface area contributed by atoms with Crippen LogP contribution in [0.2, 0.25) is 0 Å². The molecule has 5 fully saturated rings. The second-order valence-corrected chi connectivity index (χ2v) is 22.7. The third-order valence-electron chi connectivity index (χ3n) is 16.2. The minimum Gasteiger partial charge on any atom is -0.507 e. The van der Waals surface area contributed by atoms with Crippen LogP contribution in [0.5, 0.6) is 17.5 Å². The summed E-state index contributed by atoms with van der Waals surface area (Å²) in [5.41, 5.74) is 13.0. The number of pyridine rings is 1. The van der Waals surface area contributed by atoms with E-state index in [1.807, 2.05) is 45.2 Å². The second-order valence-electron chi connectivity index (χ2n) is 21.8. The number of aryl methyl sites for hydroxylation is 1. The van der Waals surface area contributed by atoms with Gasteiger partial charge in [0.2, 0.25) is 17.7 Å². The van der Waals surface area contributed by atoms with Crippen molar-refractivity contribution in [1.29, 1.82) is 0 Å². The number of ether oxygens (including phenoxy) is 3. The first-order valence-corrected chi connectivity index (χ1v) is 28.1. The molecule has 21 heteroatoms. The Bertz CT molecular complexity index is 3080. The number of hydrogen-bond acceptors (Lipinski definition) is 18. The molecule has 6 aromatic rings. The Morgan fingerprint density at radius 3 is 2.41 bits per heavy atom. The highest BCUT2D eigenvalue weighted by atomic mass is 32.1. The van der Waals surface area contributed by atoms with E-state index in [4.69, 9.17) is 24.5 Å². The number of phenolic OH excluding ortho intramolecular Hbond substituents is 1. The van der Waals surface area contributed by atoms with E-state index in [1.54, 1.807) is 42.8 Å². The molecule has 11 rings (SSSR count). The Morgan fingerprint density at radius 2 is 1.68 bits per heavy atom. The van der Waals surface area contributed by atoms with Gasteiger partial charge in [-0.1, -0.05) is 38.1 Å². The Morgan fingerprint density at radius 1 is 0.897 bits per heavy atom. The van der Waals surface area contributed by atoms with E-state index in [0.717, 1.165) is 86.6 Å². The molecule has 4 aromatic heterocycles. The maximum Gasteiger partial charge on any atom is 0.254 e. The fourth-order valence-corrected chi connectivity index (χ4v) is 12.8. The van der Waals surface area contributed by atoms with Crippen molar-refractivity contribution in [3.63, 3.8) is 0 Å². The van der Waals surface area contributed by atoms with Crippen molar-refractivity contribution >= 4 is 40.3 Å². The average Bonchev–Trinajstić information content (AvgIpc) is 4.35. The molecule has 0 radical (unpaired) electrons. The number of nitrogen functional groups attached to an aromatic ring is 1. The number of nitrogens with two attached hydrogens (primary N) is 1. The highest BCUT2D eigenvalue weighted by molar-refractivity contribution is 7.13. The monoisotopic (exact) mass is 1090 g/mol. The summed E-state index contributed by atoms with van der Waals surface area (Å²) in [7, 11) is 0. The number of halogens is 1. The number of anilines is 3. The number of aliphatic hydroxyl groups is 1. The van der Waals surface area contributed by atoms with E-state index in [1.165, 1.54) is 22.3 Å². The number of hydrogen-bond donors (Lipinski definition) is 4. The van der Waals surface area contributed by atoms with Gasteiger partial charge in [-0.2, -0.15) is 0 Å². The summed E-state index contributed by atoms with van der Waals surface area (Å²) in [6, 6.07) is 18.8. The largest absolute Gasteiger partial charge is 0.507 e. The van der Waals surface area contributed by atoms with Crippen LogP contribution in [0.15, 0.2) is 83.0 Å². The minimum absolute atomic E-state index is 0.00804. The van der Waals surface area contributed by atoms with Crippen molar-refractivity contribution < 1.29 is 42.9 Å². The molecular formula is C57H68FN11O8S. The highest BCUT2D eigenvalue weighted by Gasteiger charge is 2.45. The predicted molar refractivity (Wildman–Crippen MR) is 292 cm³/mol. The number of aromatic nitrogens is 5. The van der Waals surface area contributed by atoms with E-state index in [9.17, 15) is 19.8 Å². The van der Waals surface area contributed by atoms with Gasteiger partial charge >= 0.3 is 0 Å². The number of nitrogens with one attached hydrogen (secondary N) is 1. The number of nitrogens with zero attached hydrogens (tertiary/aromatic N) is 9. The van der Waals surface area contributed by atoms with Gasteiger partial charge < -0.3 is 54.7 Å². The number of piperazine rings is 1. The van der Waals surface area contributed by atoms with Crippen LogP contribution >= 0.6 is 11.3 Å². The van der Waals surface area contributed by atoms with Gasteiger partial charge in [-0.3, -0.25) is 14.5 Å². The third kappa shape index (κ3) is 11.3. The first kappa shape index (κ1) is 53.1. The summed E-state index contributed by atoms with van der Waals surface area (Å²) in [6.45, 7) is 11.8. The number of piperidine rings is 1. The Hall–Kier alpha value is -6.94. The van der Waals surface area contributed by atoms with Crippen molar-refractivity contribution in [1.82, 2.24) is 40.4 Å². The SMILES string of the molecule is Cc1ncsc1-c1ccc([C@H](C)NC(=O)[C@@H]2C[C@@H](O)CN2C(=O)[C@@H](c2cc(OCCN3CCC(OC4CC(Oc5cc(N6C7CCC6CN(c6cc(-c8ccccc8O)nnc6N)C7)ccn5)C4)CC3)no2)C(C)C)cc1F. The molecule has 6 atom stereocenters. The van der Waals surface area contributed by atoms with E-state index in [0.29, 0.717) is 53.0 Å². The van der Waals surface area contributed by atoms with Crippen LogP contribution < -0.4 is 30.3 Å². The lowest BCUT2D eigenvalue weighted by atomic mass is 9.91. The molecule has 5 aliphatic rings. The lowest BCUT2D eigenvalue weighted by Gasteiger charge is -2.43. The van der Waals surface area contributed by atoms with Crippen molar-refractivity contribution in [3.8, 4) is 39.2 Å². The second kappa shape index (κ2) is 22.8. The van der Waals surface area contributed by atoms with Crippen molar-refractivity contribution in [3.05, 3.63) is 101 Å². The summed E-state index contributed by atoms with van der Waals surface area (Å²) < 4.78 is 40.0. The average molecular weight is 1090 g/mol. The number of benzene rings is 2. The van der Waals surface area contributed by atoms with E-state index in [2.05, 4.69) is 57.5 Å². The number of likely N-dealkylation sites (tertiary alicyclic amines) is 2. The molecular weight excluding hydrogens is 1020 g/mol. The van der Waals surface area contributed by atoms with E-state index < -0.39 is 35.8 Å². The molecule has 4 aliphatic heterocycles. The molecule has 1 aliphatic carbocycles. The number of carbonyl (C=O) groups is 2. The van der Waals surface area contributed by atoms with E-state index in [-0.39, 0.29) is 66.8 Å². The number of phenols is 1. The molecule has 2 amide bonds. The Kier molecular flexibility index (Phi) is 15.5. The summed E-state index contributed by atoms with van der Waals surface area (Å²) in [6.07, 6.45) is 6.98. The smallest absolute Gasteiger partial charge is 0.254 e. The maximum absolute atomic E-state index is 15.3. The van der Waals surface area contributed by atoms with Gasteiger partial charge in [-0.15, -0.1) is 21.5 Å². The lowest BCUT2D eigenvalue weighted by molar-refractivity contribution is -0.141. The van der Waals surface area contributed by atoms with Crippen LogP contribution in [0.25, 0.3) is 21.7 Å². The topological polar surface area (TPSA) is 231 Å². The summed E-state index contributed by atoms with van der Waals surface area (Å²) in [5.74, 6) is -0.438. The van der Waals surface area contributed by atoms with Gasteiger partial charge in [0.25, 0.3) is 5.88 Å². The molecule has 4 saturated heterocycles. The normalized spacial score (nSPS) is 23.3. The molecule has 78 heavy (non-hydrogen) atoms. The number of rotatable bonds is 18. The minimum atomic E-state index is -0.927. The van der Waals surface area contributed by atoms with Crippen LogP contribution in [0.1, 0.15) is 94.7 Å². The summed E-state index contributed by atoms with van der Waals surface area (Å²) in [4.78, 5) is 46.1. The van der Waals surface area contributed by atoms with Gasteiger partial charge in [-0.25, -0.2) is 14.4 Å². The molecule has 0 spiro atoms. The first-order valence-electron chi connectivity index (χ1n) is 27.3. The third-order valence-corrected chi connectivity index (χ3v) is 17.2. The van der Waals surface area contributed by atoms with E-state index >= 15 is 4.39 Å². The number of carbonyl (C=O) groups excluding carboxylic acids is 2. The number of fused-ring (bicyclic) bond motifs is 2. The number of aromatic hydroxyl groups is 1. The lowest BCUT2D eigenvalue weighted by Crippen LogP contribution is -2.54. The maximum atomic E-state index is 15.3. The molecule has 412 valence electrons. The van der Waals surface area contributed by atoms with Crippen molar-refractivity contribution in [2.24, 2.45) is 5.92 Å². The first-order chi connectivity index (χ1) is 37.7. The Balaban J connectivity index is 0.603. The van der Waals surface area contributed by atoms with Gasteiger partial charge in [0.05, 0.1) is 51.8 Å². The van der Waals surface area contributed by atoms with Gasteiger partial charge in [0, 0.05) is 106 Å². The predicted octanol–water partition coefficient (Wildman–Crippen LogP) is 7.29. The molecule has 19 nitrogen and oxygen atoms in total.